The maximum Gasteiger partial charge on any atom is 0.200 e. The van der Waals surface area contributed by atoms with Gasteiger partial charge in [-0.3, -0.25) is 9.59 Å². The van der Waals surface area contributed by atoms with Crippen LogP contribution in [-0.4, -0.2) is 10.8 Å². The van der Waals surface area contributed by atoms with E-state index in [0.717, 1.165) is 12.1 Å². The lowest BCUT2D eigenvalue weighted by Gasteiger charge is -2.04. The lowest BCUT2D eigenvalue weighted by Crippen LogP contribution is -2.17. The summed E-state index contributed by atoms with van der Waals surface area (Å²) in [6, 6.07) is 8.95. The molecule has 0 aliphatic rings. The Balaban J connectivity index is 2.17. The molecule has 104 valence electrons. The van der Waals surface area contributed by atoms with Crippen molar-refractivity contribution in [2.45, 2.75) is 0 Å². The molecule has 0 amide bonds. The van der Waals surface area contributed by atoms with Gasteiger partial charge >= 0.3 is 0 Å². The highest BCUT2D eigenvalue weighted by molar-refractivity contribution is 6.10. The fraction of sp³-hybridized carbons (Fsp3) is 0. The van der Waals surface area contributed by atoms with Crippen LogP contribution in [0.3, 0.4) is 0 Å². The zero-order valence-corrected chi connectivity index (χ0v) is 10.7. The van der Waals surface area contributed by atoms with E-state index in [1.807, 2.05) is 0 Å². The number of fused-ring (bicyclic) bond motifs is 1. The zero-order chi connectivity index (χ0) is 15.0. The lowest BCUT2D eigenvalue weighted by molar-refractivity contribution is 0.103. The van der Waals surface area contributed by atoms with Gasteiger partial charge in [-0.2, -0.15) is 0 Å². The number of rotatable bonds is 2. The first-order valence-electron chi connectivity index (χ1n) is 6.18. The minimum Gasteiger partial charge on any atom is -0.358 e. The van der Waals surface area contributed by atoms with Crippen molar-refractivity contribution in [1.82, 2.24) is 4.98 Å². The first-order valence-corrected chi connectivity index (χ1v) is 6.18. The van der Waals surface area contributed by atoms with Gasteiger partial charge in [0.05, 0.1) is 11.1 Å². The summed E-state index contributed by atoms with van der Waals surface area (Å²) in [5, 5.41) is 0.1000. The third-order valence-electron chi connectivity index (χ3n) is 3.21. The van der Waals surface area contributed by atoms with Gasteiger partial charge in [0.2, 0.25) is 5.43 Å². The quantitative estimate of drug-likeness (QED) is 0.736. The van der Waals surface area contributed by atoms with Crippen molar-refractivity contribution in [3.8, 4) is 0 Å². The molecule has 0 fully saturated rings. The predicted octanol–water partition coefficient (Wildman–Crippen LogP) is 3.04. The second kappa shape index (κ2) is 4.94. The van der Waals surface area contributed by atoms with Crippen molar-refractivity contribution in [2.75, 3.05) is 0 Å². The normalized spacial score (nSPS) is 10.8. The van der Waals surface area contributed by atoms with Gasteiger partial charge in [-0.05, 0) is 36.4 Å². The third kappa shape index (κ3) is 2.23. The molecule has 0 unspecified atom stereocenters. The largest absolute Gasteiger partial charge is 0.358 e. The van der Waals surface area contributed by atoms with Crippen LogP contribution in [-0.2, 0) is 0 Å². The van der Waals surface area contributed by atoms with Crippen LogP contribution in [0.4, 0.5) is 8.78 Å². The molecule has 1 aromatic heterocycles. The van der Waals surface area contributed by atoms with E-state index in [4.69, 9.17) is 0 Å². The Morgan fingerprint density at radius 3 is 2.43 bits per heavy atom. The molecule has 0 radical (unpaired) electrons. The Bertz CT molecular complexity index is 898. The SMILES string of the molecule is O=C(c1ccc(F)cc1)c1c[nH]c2c(F)cccc2c1=O. The van der Waals surface area contributed by atoms with Gasteiger partial charge in [-0.15, -0.1) is 0 Å². The topological polar surface area (TPSA) is 49.9 Å². The van der Waals surface area contributed by atoms with Gasteiger partial charge < -0.3 is 4.98 Å². The lowest BCUT2D eigenvalue weighted by atomic mass is 10.0. The van der Waals surface area contributed by atoms with Crippen LogP contribution in [0, 0.1) is 11.6 Å². The number of hydrogen-bond donors (Lipinski definition) is 1. The molecular formula is C16H9F2NO2. The molecule has 2 aromatic carbocycles. The number of aromatic amines is 1. The van der Waals surface area contributed by atoms with Crippen LogP contribution in [0.25, 0.3) is 10.9 Å². The number of pyridine rings is 1. The average Bonchev–Trinajstić information content (AvgIpc) is 2.49. The number of ketones is 1. The first kappa shape index (κ1) is 13.2. The summed E-state index contributed by atoms with van der Waals surface area (Å²) in [6.07, 6.45) is 1.18. The van der Waals surface area contributed by atoms with E-state index < -0.39 is 22.8 Å². The van der Waals surface area contributed by atoms with Gasteiger partial charge in [0.25, 0.3) is 0 Å². The van der Waals surface area contributed by atoms with E-state index in [-0.39, 0.29) is 22.0 Å². The van der Waals surface area contributed by atoms with E-state index in [1.54, 1.807) is 0 Å². The molecule has 0 aliphatic carbocycles. The van der Waals surface area contributed by atoms with Crippen LogP contribution in [0.2, 0.25) is 0 Å². The molecule has 1 heterocycles. The number of benzene rings is 2. The molecule has 3 aromatic rings. The Morgan fingerprint density at radius 1 is 1.00 bits per heavy atom. The number of halogens is 2. The highest BCUT2D eigenvalue weighted by Crippen LogP contribution is 2.14. The second-order valence-electron chi connectivity index (χ2n) is 4.53. The molecule has 0 saturated heterocycles. The molecule has 5 heteroatoms. The minimum atomic E-state index is -0.564. The maximum atomic E-state index is 13.6. The van der Waals surface area contributed by atoms with Crippen molar-refractivity contribution in [3.05, 3.63) is 81.6 Å². The molecule has 21 heavy (non-hydrogen) atoms. The number of aromatic nitrogens is 1. The van der Waals surface area contributed by atoms with Crippen LogP contribution in [0.5, 0.6) is 0 Å². The van der Waals surface area contributed by atoms with Crippen molar-refractivity contribution in [2.24, 2.45) is 0 Å². The molecular weight excluding hydrogens is 276 g/mol. The summed E-state index contributed by atoms with van der Waals surface area (Å²) in [5.74, 6) is -1.58. The molecule has 0 saturated carbocycles. The molecule has 0 bridgehead atoms. The van der Waals surface area contributed by atoms with E-state index in [0.29, 0.717) is 0 Å². The number of carbonyl (C=O) groups is 1. The molecule has 0 atom stereocenters. The predicted molar refractivity (Wildman–Crippen MR) is 74.4 cm³/mol. The Labute approximate surface area is 117 Å². The number of para-hydroxylation sites is 1. The van der Waals surface area contributed by atoms with Gasteiger partial charge in [0.15, 0.2) is 5.78 Å². The average molecular weight is 285 g/mol. The van der Waals surface area contributed by atoms with Crippen molar-refractivity contribution in [1.29, 1.82) is 0 Å². The molecule has 1 N–H and O–H groups in total. The van der Waals surface area contributed by atoms with Gasteiger partial charge in [0, 0.05) is 17.1 Å². The summed E-state index contributed by atoms with van der Waals surface area (Å²) in [4.78, 5) is 27.2. The van der Waals surface area contributed by atoms with Crippen LogP contribution < -0.4 is 5.43 Å². The summed E-state index contributed by atoms with van der Waals surface area (Å²) in [5.41, 5.74) is -0.423. The summed E-state index contributed by atoms with van der Waals surface area (Å²) >= 11 is 0. The standard InChI is InChI=1S/C16H9F2NO2/c17-10-6-4-9(5-7-10)15(20)12-8-19-14-11(16(12)21)2-1-3-13(14)18/h1-8H,(H,19,21). The Kier molecular flexibility index (Phi) is 3.10. The Hall–Kier alpha value is -2.82. The number of nitrogens with one attached hydrogen (secondary N) is 1. The van der Waals surface area contributed by atoms with Gasteiger partial charge in [-0.1, -0.05) is 6.07 Å². The molecule has 3 rings (SSSR count). The van der Waals surface area contributed by atoms with E-state index in [9.17, 15) is 18.4 Å². The molecule has 0 aliphatic heterocycles. The maximum absolute atomic E-state index is 13.6. The number of hydrogen-bond acceptors (Lipinski definition) is 2. The van der Waals surface area contributed by atoms with Crippen LogP contribution in [0.15, 0.2) is 53.5 Å². The first-order chi connectivity index (χ1) is 10.1. The second-order valence-corrected chi connectivity index (χ2v) is 4.53. The fourth-order valence-corrected chi connectivity index (χ4v) is 2.14. The summed E-state index contributed by atoms with van der Waals surface area (Å²) < 4.78 is 26.4. The Morgan fingerprint density at radius 2 is 1.71 bits per heavy atom. The van der Waals surface area contributed by atoms with E-state index in [1.165, 1.54) is 36.5 Å². The van der Waals surface area contributed by atoms with Crippen molar-refractivity contribution in [3.63, 3.8) is 0 Å². The monoisotopic (exact) mass is 285 g/mol. The van der Waals surface area contributed by atoms with E-state index in [2.05, 4.69) is 4.98 Å². The van der Waals surface area contributed by atoms with Gasteiger partial charge in [0.1, 0.15) is 11.6 Å². The van der Waals surface area contributed by atoms with E-state index >= 15 is 0 Å². The molecule has 0 spiro atoms. The minimum absolute atomic E-state index is 0.0538. The fourth-order valence-electron chi connectivity index (χ4n) is 2.14. The zero-order valence-electron chi connectivity index (χ0n) is 10.7. The highest BCUT2D eigenvalue weighted by atomic mass is 19.1. The highest BCUT2D eigenvalue weighted by Gasteiger charge is 2.16. The summed E-state index contributed by atoms with van der Waals surface area (Å²) in [6.45, 7) is 0. The van der Waals surface area contributed by atoms with Gasteiger partial charge in [-0.25, -0.2) is 8.78 Å². The van der Waals surface area contributed by atoms with Crippen LogP contribution >= 0.6 is 0 Å². The molecule has 3 nitrogen and oxygen atoms in total. The summed E-state index contributed by atoms with van der Waals surface area (Å²) in [7, 11) is 0. The third-order valence-corrected chi connectivity index (χ3v) is 3.21. The number of carbonyl (C=O) groups excluding carboxylic acids is 1. The van der Waals surface area contributed by atoms with Crippen LogP contribution in [0.1, 0.15) is 15.9 Å². The van der Waals surface area contributed by atoms with Crippen molar-refractivity contribution >= 4 is 16.7 Å². The van der Waals surface area contributed by atoms with Crippen molar-refractivity contribution < 1.29 is 13.6 Å². The number of H-pyrrole nitrogens is 1. The smallest absolute Gasteiger partial charge is 0.200 e.